The minimum Gasteiger partial charge on any atom is -0.397 e. The summed E-state index contributed by atoms with van der Waals surface area (Å²) in [7, 11) is 1.59. The largest absolute Gasteiger partial charge is 0.397 e. The number of amides is 1. The topological polar surface area (TPSA) is 82.2 Å². The number of hydrogen-bond donors (Lipinski definition) is 2. The Morgan fingerprint density at radius 2 is 2.32 bits per heavy atom. The smallest absolute Gasteiger partial charge is 0.251 e. The van der Waals surface area contributed by atoms with E-state index in [0.29, 0.717) is 30.3 Å². The van der Waals surface area contributed by atoms with Crippen molar-refractivity contribution in [1.29, 1.82) is 5.26 Å². The maximum absolute atomic E-state index is 11.5. The van der Waals surface area contributed by atoms with Crippen LogP contribution in [0.3, 0.4) is 0 Å². The molecule has 1 amide bonds. The van der Waals surface area contributed by atoms with E-state index in [1.54, 1.807) is 19.2 Å². The molecule has 0 atom stereocenters. The Bertz CT molecular complexity index is 517. The van der Waals surface area contributed by atoms with Gasteiger partial charge in [0.1, 0.15) is 0 Å². The number of anilines is 2. The molecule has 0 aromatic heterocycles. The van der Waals surface area contributed by atoms with E-state index >= 15 is 0 Å². The summed E-state index contributed by atoms with van der Waals surface area (Å²) in [6, 6.07) is 7.98. The SMILES string of the molecule is CNC(=O)c1ccc(N(CCC#N)C2CC2)c(N)c1. The summed E-state index contributed by atoms with van der Waals surface area (Å²) >= 11 is 0. The molecule has 19 heavy (non-hydrogen) atoms. The van der Waals surface area contributed by atoms with E-state index in [-0.39, 0.29) is 5.91 Å². The summed E-state index contributed by atoms with van der Waals surface area (Å²) in [5, 5.41) is 11.3. The third kappa shape index (κ3) is 2.97. The van der Waals surface area contributed by atoms with E-state index in [1.807, 2.05) is 6.07 Å². The van der Waals surface area contributed by atoms with Crippen LogP contribution in [0.5, 0.6) is 0 Å². The second-order valence-electron chi connectivity index (χ2n) is 4.69. The van der Waals surface area contributed by atoms with Gasteiger partial charge in [-0.25, -0.2) is 0 Å². The highest BCUT2D eigenvalue weighted by Gasteiger charge is 2.30. The van der Waals surface area contributed by atoms with Crippen LogP contribution in [0.1, 0.15) is 29.6 Å². The monoisotopic (exact) mass is 258 g/mol. The summed E-state index contributed by atoms with van der Waals surface area (Å²) in [5.41, 5.74) is 8.11. The number of carbonyl (C=O) groups is 1. The number of nitrogen functional groups attached to an aromatic ring is 1. The third-order valence-electron chi connectivity index (χ3n) is 3.28. The first-order chi connectivity index (χ1) is 9.17. The van der Waals surface area contributed by atoms with E-state index < -0.39 is 0 Å². The zero-order chi connectivity index (χ0) is 13.8. The molecule has 5 heteroatoms. The van der Waals surface area contributed by atoms with E-state index in [1.165, 1.54) is 0 Å². The number of benzene rings is 1. The van der Waals surface area contributed by atoms with Crippen LogP contribution in [0.15, 0.2) is 18.2 Å². The molecule has 1 fully saturated rings. The summed E-state index contributed by atoms with van der Waals surface area (Å²) < 4.78 is 0. The zero-order valence-corrected chi connectivity index (χ0v) is 11.0. The number of carbonyl (C=O) groups excluding carboxylic acids is 1. The third-order valence-corrected chi connectivity index (χ3v) is 3.28. The van der Waals surface area contributed by atoms with Gasteiger partial charge in [0.05, 0.1) is 23.9 Å². The highest BCUT2D eigenvalue weighted by atomic mass is 16.1. The first-order valence-corrected chi connectivity index (χ1v) is 6.42. The van der Waals surface area contributed by atoms with Gasteiger partial charge in [-0.3, -0.25) is 4.79 Å². The lowest BCUT2D eigenvalue weighted by molar-refractivity contribution is 0.0963. The van der Waals surface area contributed by atoms with Gasteiger partial charge in [-0.15, -0.1) is 0 Å². The molecule has 0 heterocycles. The molecule has 1 aromatic rings. The van der Waals surface area contributed by atoms with Crippen molar-refractivity contribution in [2.45, 2.75) is 25.3 Å². The quantitative estimate of drug-likeness (QED) is 0.784. The van der Waals surface area contributed by atoms with Crippen molar-refractivity contribution >= 4 is 17.3 Å². The fourth-order valence-electron chi connectivity index (χ4n) is 2.16. The van der Waals surface area contributed by atoms with Crippen molar-refractivity contribution in [1.82, 2.24) is 5.32 Å². The summed E-state index contributed by atoms with van der Waals surface area (Å²) in [5.74, 6) is -0.145. The Morgan fingerprint density at radius 3 is 2.84 bits per heavy atom. The highest BCUT2D eigenvalue weighted by molar-refractivity contribution is 5.96. The highest BCUT2D eigenvalue weighted by Crippen LogP contribution is 2.35. The summed E-state index contributed by atoms with van der Waals surface area (Å²) in [6.07, 6.45) is 2.76. The van der Waals surface area contributed by atoms with Gasteiger partial charge in [-0.05, 0) is 31.0 Å². The van der Waals surface area contributed by atoms with Gasteiger partial charge < -0.3 is 16.0 Å². The van der Waals surface area contributed by atoms with Crippen LogP contribution in [0.25, 0.3) is 0 Å². The molecule has 0 aliphatic heterocycles. The number of nitrogens with one attached hydrogen (secondary N) is 1. The van der Waals surface area contributed by atoms with E-state index in [0.717, 1.165) is 18.5 Å². The maximum atomic E-state index is 11.5. The second kappa shape index (κ2) is 5.61. The van der Waals surface area contributed by atoms with Gasteiger partial charge in [-0.2, -0.15) is 5.26 Å². The molecule has 1 aliphatic carbocycles. The predicted octanol–water partition coefficient (Wildman–Crippen LogP) is 1.51. The molecule has 0 bridgehead atoms. The number of nitriles is 1. The molecule has 0 saturated heterocycles. The van der Waals surface area contributed by atoms with Gasteiger partial charge in [0.25, 0.3) is 5.91 Å². The lowest BCUT2D eigenvalue weighted by Gasteiger charge is -2.25. The zero-order valence-electron chi connectivity index (χ0n) is 11.0. The van der Waals surface area contributed by atoms with Crippen LogP contribution in [0.2, 0.25) is 0 Å². The van der Waals surface area contributed by atoms with Crippen LogP contribution in [-0.2, 0) is 0 Å². The molecular formula is C14H18N4O. The molecule has 1 aromatic carbocycles. The fourth-order valence-corrected chi connectivity index (χ4v) is 2.16. The van der Waals surface area contributed by atoms with Gasteiger partial charge in [0.15, 0.2) is 0 Å². The lowest BCUT2D eigenvalue weighted by Crippen LogP contribution is -2.27. The second-order valence-corrected chi connectivity index (χ2v) is 4.69. The number of rotatable bonds is 5. The molecule has 1 aliphatic rings. The summed E-state index contributed by atoms with van der Waals surface area (Å²) in [6.45, 7) is 0.685. The van der Waals surface area contributed by atoms with Crippen LogP contribution >= 0.6 is 0 Å². The molecule has 0 unspecified atom stereocenters. The first-order valence-electron chi connectivity index (χ1n) is 6.42. The van der Waals surface area contributed by atoms with Crippen LogP contribution in [0, 0.1) is 11.3 Å². The molecule has 1 saturated carbocycles. The van der Waals surface area contributed by atoms with Crippen molar-refractivity contribution in [3.05, 3.63) is 23.8 Å². The average molecular weight is 258 g/mol. The van der Waals surface area contributed by atoms with Crippen molar-refractivity contribution < 1.29 is 4.79 Å². The van der Waals surface area contributed by atoms with E-state index in [9.17, 15) is 4.79 Å². The Hall–Kier alpha value is -2.22. The average Bonchev–Trinajstić information content (AvgIpc) is 3.24. The number of nitrogens with zero attached hydrogens (tertiary/aromatic N) is 2. The minimum atomic E-state index is -0.145. The molecule has 2 rings (SSSR count). The van der Waals surface area contributed by atoms with Crippen molar-refractivity contribution in [2.24, 2.45) is 0 Å². The molecule has 100 valence electrons. The van der Waals surface area contributed by atoms with Crippen molar-refractivity contribution in [3.63, 3.8) is 0 Å². The Labute approximate surface area is 113 Å². The Balaban J connectivity index is 2.23. The van der Waals surface area contributed by atoms with Crippen LogP contribution in [-0.4, -0.2) is 25.5 Å². The minimum absolute atomic E-state index is 0.145. The molecule has 3 N–H and O–H groups in total. The molecule has 0 spiro atoms. The van der Waals surface area contributed by atoms with Gasteiger partial charge in [0.2, 0.25) is 0 Å². The van der Waals surface area contributed by atoms with Crippen LogP contribution < -0.4 is 16.0 Å². The lowest BCUT2D eigenvalue weighted by atomic mass is 10.1. The Morgan fingerprint density at radius 1 is 1.58 bits per heavy atom. The van der Waals surface area contributed by atoms with Gasteiger partial charge in [0, 0.05) is 25.2 Å². The van der Waals surface area contributed by atoms with E-state index in [2.05, 4.69) is 16.3 Å². The van der Waals surface area contributed by atoms with Crippen molar-refractivity contribution in [3.8, 4) is 6.07 Å². The Kier molecular flexibility index (Phi) is 3.91. The van der Waals surface area contributed by atoms with Crippen LogP contribution in [0.4, 0.5) is 11.4 Å². The fraction of sp³-hybridized carbons (Fsp3) is 0.429. The molecule has 5 nitrogen and oxygen atoms in total. The van der Waals surface area contributed by atoms with Gasteiger partial charge >= 0.3 is 0 Å². The summed E-state index contributed by atoms with van der Waals surface area (Å²) in [4.78, 5) is 13.7. The van der Waals surface area contributed by atoms with Crippen molar-refractivity contribution in [2.75, 3.05) is 24.2 Å². The first kappa shape index (κ1) is 13.2. The standard InChI is InChI=1S/C14H18N4O/c1-17-14(19)10-3-6-13(12(16)9-10)18(8-2-7-15)11-4-5-11/h3,6,9,11H,2,4-5,8,16H2,1H3,(H,17,19). The van der Waals surface area contributed by atoms with Gasteiger partial charge in [-0.1, -0.05) is 0 Å². The maximum Gasteiger partial charge on any atom is 0.251 e. The van der Waals surface area contributed by atoms with E-state index in [4.69, 9.17) is 11.0 Å². The molecular weight excluding hydrogens is 240 g/mol. The number of hydrogen-bond acceptors (Lipinski definition) is 4. The number of nitrogens with two attached hydrogens (primary N) is 1. The molecule has 0 radical (unpaired) electrons. The predicted molar refractivity (Wildman–Crippen MR) is 74.8 cm³/mol. The normalized spacial score (nSPS) is 13.7.